The molecule has 548 valence electrons. The number of rotatable bonds is 53. The third-order valence-electron chi connectivity index (χ3n) is 18.1. The molecule has 3 aliphatic heterocycles. The van der Waals surface area contributed by atoms with E-state index in [1.165, 1.54) is 0 Å². The van der Waals surface area contributed by atoms with Crippen molar-refractivity contribution >= 4 is 35.6 Å². The predicted molar refractivity (Wildman–Crippen MR) is 343 cm³/mol. The summed E-state index contributed by atoms with van der Waals surface area (Å²) in [5.41, 5.74) is -0.302. The minimum Gasteiger partial charge on any atom is -0.466 e. The number of carbonyl (C=O) groups is 6. The maximum atomic E-state index is 12.8. The largest absolute Gasteiger partial charge is 0.466 e. The standard InChI is InChI=1S/C67H121N3O24/c1-46-57(79)60(82)50(43-71)92-63(46)88-37-20-26-49(74)25-14-8-5-13-19-36-70-66(85)91-41-24-32-67(4,33-42-87-56(78)30-16-10-7-12-18-35-69-54(76)28-22-39-90-65-48(3)59(81)62(84)52(45-73)94-65)31-23-40-86-55(77)29-15-9-6-11-17-34-68-53(75)27-21-38-89-64-47(2)58(80)61(83)51(44-72)93-64/h46-48,50-52,57-65,71-73,79-84H,5-45H2,1-4H3,(H,68,75)(H,69,76)(H,70,85). The van der Waals surface area contributed by atoms with Gasteiger partial charge < -0.3 is 105 Å². The van der Waals surface area contributed by atoms with Crippen LogP contribution < -0.4 is 16.0 Å². The Kier molecular flexibility index (Phi) is 44.6. The van der Waals surface area contributed by atoms with Gasteiger partial charge in [-0.25, -0.2) is 4.79 Å². The molecule has 0 spiro atoms. The highest BCUT2D eigenvalue weighted by atomic mass is 16.7. The summed E-state index contributed by atoms with van der Waals surface area (Å²) >= 11 is 0. The molecule has 0 bridgehead atoms. The second-order valence-electron chi connectivity index (χ2n) is 26.2. The molecule has 3 heterocycles. The highest BCUT2D eigenvalue weighted by Crippen LogP contribution is 2.34. The topological polar surface area (TPSA) is 404 Å². The van der Waals surface area contributed by atoms with Crippen LogP contribution in [0, 0.1) is 23.2 Å². The van der Waals surface area contributed by atoms with Crippen LogP contribution in [0.4, 0.5) is 4.79 Å². The van der Waals surface area contributed by atoms with Crippen molar-refractivity contribution in [2.45, 2.75) is 288 Å². The molecule has 16 unspecified atom stereocenters. The smallest absolute Gasteiger partial charge is 0.407 e. The number of nitrogens with one attached hydrogen (secondary N) is 3. The highest BCUT2D eigenvalue weighted by Gasteiger charge is 2.45. The average molecular weight is 1350 g/mol. The Morgan fingerprint density at radius 3 is 1.10 bits per heavy atom. The number of esters is 2. The Hall–Kier alpha value is -3.78. The summed E-state index contributed by atoms with van der Waals surface area (Å²) in [4.78, 5) is 75.1. The van der Waals surface area contributed by atoms with Gasteiger partial charge in [0, 0.05) is 75.9 Å². The number of ether oxygens (including phenoxy) is 9. The third kappa shape index (κ3) is 34.6. The zero-order valence-corrected chi connectivity index (χ0v) is 56.8. The van der Waals surface area contributed by atoms with Crippen molar-refractivity contribution in [2.75, 3.05) is 79.1 Å². The number of alkyl carbamates (subject to hydrolysis) is 1. The molecule has 12 N–H and O–H groups in total. The summed E-state index contributed by atoms with van der Waals surface area (Å²) in [6.45, 7) is 8.69. The van der Waals surface area contributed by atoms with Crippen LogP contribution in [0.5, 0.6) is 0 Å². The Labute approximate surface area is 557 Å². The van der Waals surface area contributed by atoms with Gasteiger partial charge in [0.15, 0.2) is 18.9 Å². The molecule has 0 aromatic heterocycles. The molecule has 3 saturated heterocycles. The number of Topliss-reactive ketones (excluding diaryl/α,β-unsaturated/α-hetero) is 1. The Morgan fingerprint density at radius 1 is 0.362 bits per heavy atom. The fourth-order valence-corrected chi connectivity index (χ4v) is 11.7. The number of hydrogen-bond donors (Lipinski definition) is 12. The van der Waals surface area contributed by atoms with E-state index in [1.807, 2.05) is 0 Å². The summed E-state index contributed by atoms with van der Waals surface area (Å²) < 4.78 is 50.6. The molecule has 3 amide bonds. The van der Waals surface area contributed by atoms with Gasteiger partial charge in [-0.15, -0.1) is 0 Å². The second-order valence-corrected chi connectivity index (χ2v) is 26.2. The van der Waals surface area contributed by atoms with Gasteiger partial charge in [0.05, 0.1) is 77.8 Å². The van der Waals surface area contributed by atoms with E-state index in [0.29, 0.717) is 103 Å². The van der Waals surface area contributed by atoms with Gasteiger partial charge in [-0.1, -0.05) is 85.5 Å². The zero-order valence-electron chi connectivity index (χ0n) is 56.8. The number of carbonyl (C=O) groups excluding carboxylic acids is 6. The summed E-state index contributed by atoms with van der Waals surface area (Å²) in [6, 6.07) is 0. The minimum atomic E-state index is -1.20. The van der Waals surface area contributed by atoms with E-state index in [2.05, 4.69) is 22.9 Å². The lowest BCUT2D eigenvalue weighted by molar-refractivity contribution is -0.282. The first-order valence-electron chi connectivity index (χ1n) is 35.1. The van der Waals surface area contributed by atoms with Crippen LogP contribution in [-0.2, 0) is 66.6 Å². The number of aliphatic hydroxyl groups is 9. The maximum absolute atomic E-state index is 12.8. The fraction of sp³-hybridized carbons (Fsp3) is 0.910. The maximum Gasteiger partial charge on any atom is 0.407 e. The first-order valence-corrected chi connectivity index (χ1v) is 35.1. The molecule has 0 saturated carbocycles. The van der Waals surface area contributed by atoms with Crippen LogP contribution in [0.25, 0.3) is 0 Å². The minimum absolute atomic E-state index is 0.101. The Balaban J connectivity index is 1.27. The third-order valence-corrected chi connectivity index (χ3v) is 18.1. The molecule has 3 aliphatic rings. The van der Waals surface area contributed by atoms with Gasteiger partial charge in [-0.2, -0.15) is 0 Å². The van der Waals surface area contributed by atoms with E-state index in [1.54, 1.807) is 20.8 Å². The number of hydrogen-bond acceptors (Lipinski definition) is 24. The molecule has 0 aromatic rings. The molecule has 94 heavy (non-hydrogen) atoms. The van der Waals surface area contributed by atoms with Crippen LogP contribution in [-0.4, -0.2) is 234 Å². The lowest BCUT2D eigenvalue weighted by atomic mass is 9.78. The zero-order chi connectivity index (χ0) is 69.1. The van der Waals surface area contributed by atoms with Crippen molar-refractivity contribution in [3.63, 3.8) is 0 Å². The lowest BCUT2D eigenvalue weighted by Crippen LogP contribution is -2.55. The number of unbranched alkanes of at least 4 members (excludes halogenated alkanes) is 12. The van der Waals surface area contributed by atoms with Gasteiger partial charge in [0.25, 0.3) is 0 Å². The molecule has 3 rings (SSSR count). The molecule has 0 aromatic carbocycles. The van der Waals surface area contributed by atoms with Gasteiger partial charge in [-0.05, 0) is 95.3 Å². The quantitative estimate of drug-likeness (QED) is 0.0231. The molecule has 16 atom stereocenters. The van der Waals surface area contributed by atoms with Crippen LogP contribution in [0.1, 0.15) is 214 Å². The van der Waals surface area contributed by atoms with Crippen molar-refractivity contribution in [3.05, 3.63) is 0 Å². The van der Waals surface area contributed by atoms with E-state index in [-0.39, 0.29) is 93.9 Å². The monoisotopic (exact) mass is 1350 g/mol. The molecular weight excluding hydrogens is 1230 g/mol. The van der Waals surface area contributed by atoms with Crippen LogP contribution in [0.3, 0.4) is 0 Å². The Morgan fingerprint density at radius 2 is 0.691 bits per heavy atom. The van der Waals surface area contributed by atoms with Crippen molar-refractivity contribution in [1.82, 2.24) is 16.0 Å². The van der Waals surface area contributed by atoms with Crippen molar-refractivity contribution in [1.29, 1.82) is 0 Å². The molecule has 0 radical (unpaired) electrons. The van der Waals surface area contributed by atoms with Crippen molar-refractivity contribution in [2.24, 2.45) is 23.2 Å². The van der Waals surface area contributed by atoms with E-state index in [9.17, 15) is 74.7 Å². The van der Waals surface area contributed by atoms with Gasteiger partial charge >= 0.3 is 18.0 Å². The second kappa shape index (κ2) is 49.7. The van der Waals surface area contributed by atoms with Crippen LogP contribution >= 0.6 is 0 Å². The summed E-state index contributed by atoms with van der Waals surface area (Å²) in [7, 11) is 0. The van der Waals surface area contributed by atoms with E-state index in [0.717, 1.165) is 83.5 Å². The first kappa shape index (κ1) is 84.4. The van der Waals surface area contributed by atoms with Crippen LogP contribution in [0.2, 0.25) is 0 Å². The summed E-state index contributed by atoms with van der Waals surface area (Å²) in [5.74, 6) is -2.10. The number of amides is 3. The molecule has 27 nitrogen and oxygen atoms in total. The van der Waals surface area contributed by atoms with Gasteiger partial charge in [0.1, 0.15) is 42.4 Å². The van der Waals surface area contributed by atoms with E-state index >= 15 is 0 Å². The average Bonchev–Trinajstić information content (AvgIpc) is 0.925. The number of aliphatic hydroxyl groups excluding tert-OH is 9. The van der Waals surface area contributed by atoms with E-state index < -0.39 is 117 Å². The predicted octanol–water partition coefficient (Wildman–Crippen LogP) is 4.19. The molecule has 0 aliphatic carbocycles. The van der Waals surface area contributed by atoms with Gasteiger partial charge in [-0.3, -0.25) is 24.0 Å². The van der Waals surface area contributed by atoms with Gasteiger partial charge in [0.2, 0.25) is 11.8 Å². The van der Waals surface area contributed by atoms with E-state index in [4.69, 9.17) is 42.6 Å². The lowest BCUT2D eigenvalue weighted by Gasteiger charge is -2.40. The SMILES string of the molecule is CC1C(OCCCC(=O)CCCCCCCNC(=O)OCCCC(C)(CCCOC(=O)CCCCCCCNC(=O)CCCOC2OC(CO)C(O)C(O)C2C)CCOC(=O)CCCCCCCNC(=O)CCCOC2OC(CO)C(O)C(O)C2C)OC(CO)C(O)C1O. The van der Waals surface area contributed by atoms with Crippen molar-refractivity contribution < 1.29 is 117 Å². The summed E-state index contributed by atoms with van der Waals surface area (Å²) in [6.07, 6.45) is 6.25. The highest BCUT2D eigenvalue weighted by molar-refractivity contribution is 5.78. The normalized spacial score (nSPS) is 26.8. The molecule has 27 heteroatoms. The van der Waals surface area contributed by atoms with Crippen molar-refractivity contribution in [3.8, 4) is 0 Å². The molecule has 3 fully saturated rings. The molecular formula is C67H121N3O24. The number of ketones is 1. The fourth-order valence-electron chi connectivity index (χ4n) is 11.7. The van der Waals surface area contributed by atoms with Crippen LogP contribution in [0.15, 0.2) is 0 Å². The summed E-state index contributed by atoms with van der Waals surface area (Å²) in [5, 5.41) is 97.5. The Bertz CT molecular complexity index is 1970. The first-order chi connectivity index (χ1) is 45.1.